The second kappa shape index (κ2) is 14.3. The summed E-state index contributed by atoms with van der Waals surface area (Å²) in [6.45, 7) is 11.9. The number of methoxy groups -OCH3 is 1. The Bertz CT molecular complexity index is 1160. The van der Waals surface area contributed by atoms with Crippen molar-refractivity contribution in [3.63, 3.8) is 0 Å². The Hall–Kier alpha value is -3.70. The molecule has 2 aromatic rings. The summed E-state index contributed by atoms with van der Waals surface area (Å²) >= 11 is 0. The molecule has 0 atom stereocenters. The van der Waals surface area contributed by atoms with Crippen molar-refractivity contribution in [2.75, 3.05) is 90.7 Å². The number of nitrogens with two attached hydrogens (primary N) is 1. The SMILES string of the molecule is COc1cc(C(=N)N2CCN(C(=O)Nc3ccc(OC(C)C)cc3)CC2)c(N)cc1OCCCN1CCN(C)CC1. The number of rotatable bonds is 10. The van der Waals surface area contributed by atoms with Crippen molar-refractivity contribution in [1.29, 1.82) is 5.41 Å². The van der Waals surface area contributed by atoms with E-state index in [9.17, 15) is 4.79 Å². The average Bonchev–Trinajstić information content (AvgIpc) is 2.97. The summed E-state index contributed by atoms with van der Waals surface area (Å²) in [5.74, 6) is 2.22. The van der Waals surface area contributed by atoms with Gasteiger partial charge in [-0.25, -0.2) is 4.79 Å². The van der Waals surface area contributed by atoms with E-state index in [1.165, 1.54) is 0 Å². The Kier molecular flexibility index (Phi) is 10.5. The van der Waals surface area contributed by atoms with Crippen molar-refractivity contribution < 1.29 is 19.0 Å². The fourth-order valence-electron chi connectivity index (χ4n) is 4.99. The van der Waals surface area contributed by atoms with Gasteiger partial charge in [-0.1, -0.05) is 0 Å². The van der Waals surface area contributed by atoms with E-state index >= 15 is 0 Å². The molecular formula is C30H45N7O4. The highest BCUT2D eigenvalue weighted by Crippen LogP contribution is 2.33. The maximum absolute atomic E-state index is 12.8. The summed E-state index contributed by atoms with van der Waals surface area (Å²) in [5.41, 5.74) is 8.16. The van der Waals surface area contributed by atoms with E-state index in [0.717, 1.165) is 44.9 Å². The first-order valence-corrected chi connectivity index (χ1v) is 14.4. The summed E-state index contributed by atoms with van der Waals surface area (Å²) < 4.78 is 17.3. The van der Waals surface area contributed by atoms with Crippen LogP contribution < -0.4 is 25.3 Å². The molecule has 0 unspecified atom stereocenters. The molecule has 0 radical (unpaired) electrons. The molecule has 0 bridgehead atoms. The van der Waals surface area contributed by atoms with Crippen LogP contribution in [-0.4, -0.2) is 117 Å². The van der Waals surface area contributed by atoms with E-state index in [4.69, 9.17) is 25.4 Å². The number of amidine groups is 1. The van der Waals surface area contributed by atoms with Gasteiger partial charge in [0, 0.05) is 81.9 Å². The summed E-state index contributed by atoms with van der Waals surface area (Å²) in [7, 11) is 3.75. The predicted octanol–water partition coefficient (Wildman–Crippen LogP) is 3.26. The zero-order chi connectivity index (χ0) is 29.4. The lowest BCUT2D eigenvalue weighted by Gasteiger charge is -2.36. The highest BCUT2D eigenvalue weighted by molar-refractivity contribution is 6.02. The minimum absolute atomic E-state index is 0.0930. The third-order valence-corrected chi connectivity index (χ3v) is 7.42. The number of benzene rings is 2. The number of carbonyl (C=O) groups is 1. The molecule has 2 aliphatic rings. The maximum atomic E-state index is 12.8. The van der Waals surface area contributed by atoms with Crippen LogP contribution in [0.3, 0.4) is 0 Å². The zero-order valence-corrected chi connectivity index (χ0v) is 24.8. The highest BCUT2D eigenvalue weighted by atomic mass is 16.5. The molecule has 2 heterocycles. The Labute approximate surface area is 243 Å². The van der Waals surface area contributed by atoms with Gasteiger partial charge in [0.05, 0.1) is 19.8 Å². The number of nitrogens with one attached hydrogen (secondary N) is 2. The van der Waals surface area contributed by atoms with Gasteiger partial charge in [0.1, 0.15) is 11.6 Å². The van der Waals surface area contributed by atoms with Crippen molar-refractivity contribution in [2.24, 2.45) is 0 Å². The quantitative estimate of drug-likeness (QED) is 0.173. The van der Waals surface area contributed by atoms with Crippen molar-refractivity contribution in [1.82, 2.24) is 19.6 Å². The average molecular weight is 568 g/mol. The van der Waals surface area contributed by atoms with Crippen LogP contribution in [0.15, 0.2) is 36.4 Å². The van der Waals surface area contributed by atoms with E-state index in [2.05, 4.69) is 22.2 Å². The molecule has 2 fully saturated rings. The lowest BCUT2D eigenvalue weighted by Crippen LogP contribution is -2.51. The number of hydrogen-bond acceptors (Lipinski definition) is 8. The lowest BCUT2D eigenvalue weighted by atomic mass is 10.1. The molecule has 11 heteroatoms. The first kappa shape index (κ1) is 30.3. The van der Waals surface area contributed by atoms with E-state index in [1.807, 2.05) is 43.0 Å². The Morgan fingerprint density at radius 1 is 0.976 bits per heavy atom. The fourth-order valence-corrected chi connectivity index (χ4v) is 4.99. The second-order valence-electron chi connectivity index (χ2n) is 10.9. The topological polar surface area (TPSA) is 120 Å². The fraction of sp³-hybridized carbons (Fsp3) is 0.533. The minimum Gasteiger partial charge on any atom is -0.493 e. The van der Waals surface area contributed by atoms with Gasteiger partial charge in [0.25, 0.3) is 0 Å². The van der Waals surface area contributed by atoms with Crippen molar-refractivity contribution in [3.05, 3.63) is 42.0 Å². The first-order valence-electron chi connectivity index (χ1n) is 14.4. The third kappa shape index (κ3) is 8.40. The zero-order valence-electron chi connectivity index (χ0n) is 24.8. The summed E-state index contributed by atoms with van der Waals surface area (Å²) in [4.78, 5) is 21.3. The lowest BCUT2D eigenvalue weighted by molar-refractivity contribution is 0.145. The number of urea groups is 1. The molecule has 0 aromatic heterocycles. The Balaban J connectivity index is 1.26. The minimum atomic E-state index is -0.163. The van der Waals surface area contributed by atoms with Crippen LogP contribution in [-0.2, 0) is 0 Å². The molecule has 4 N–H and O–H groups in total. The van der Waals surface area contributed by atoms with Crippen LogP contribution in [0.4, 0.5) is 16.2 Å². The molecule has 2 amide bonds. The van der Waals surface area contributed by atoms with Gasteiger partial charge < -0.3 is 44.9 Å². The molecule has 0 spiro atoms. The summed E-state index contributed by atoms with van der Waals surface area (Å²) in [6.07, 6.45) is 1.01. The standard InChI is InChI=1S/C30H45N7O4/c1-22(2)41-24-8-6-23(7-9-24)33-30(38)37-17-15-36(16-18-37)29(32)25-20-27(39-4)28(21-26(25)31)40-19-5-10-35-13-11-34(3)12-14-35/h6-9,20-22,32H,5,10-19,31H2,1-4H3,(H,33,38). The normalized spacial score (nSPS) is 16.5. The largest absolute Gasteiger partial charge is 0.493 e. The van der Waals surface area contributed by atoms with E-state index < -0.39 is 0 Å². The van der Waals surface area contributed by atoms with Crippen LogP contribution >= 0.6 is 0 Å². The van der Waals surface area contributed by atoms with Crippen LogP contribution in [0.2, 0.25) is 0 Å². The second-order valence-corrected chi connectivity index (χ2v) is 10.9. The smallest absolute Gasteiger partial charge is 0.321 e. The van der Waals surface area contributed by atoms with Crippen molar-refractivity contribution in [3.8, 4) is 17.2 Å². The molecule has 2 aromatic carbocycles. The van der Waals surface area contributed by atoms with Crippen molar-refractivity contribution in [2.45, 2.75) is 26.4 Å². The molecular weight excluding hydrogens is 522 g/mol. The number of nitrogen functional groups attached to an aromatic ring is 1. The summed E-state index contributed by atoms with van der Waals surface area (Å²) in [6, 6.07) is 10.7. The van der Waals surface area contributed by atoms with Gasteiger partial charge in [-0.2, -0.15) is 0 Å². The molecule has 2 saturated heterocycles. The number of amides is 2. The van der Waals surface area contributed by atoms with E-state index in [0.29, 0.717) is 67.1 Å². The van der Waals surface area contributed by atoms with Crippen molar-refractivity contribution >= 4 is 23.2 Å². The Morgan fingerprint density at radius 3 is 2.27 bits per heavy atom. The maximum Gasteiger partial charge on any atom is 0.321 e. The number of carbonyl (C=O) groups excluding carboxylic acids is 1. The van der Waals surface area contributed by atoms with E-state index in [-0.39, 0.29) is 12.1 Å². The van der Waals surface area contributed by atoms with Gasteiger partial charge in [-0.3, -0.25) is 5.41 Å². The molecule has 41 heavy (non-hydrogen) atoms. The number of hydrogen-bond donors (Lipinski definition) is 3. The number of likely N-dealkylation sites (N-methyl/N-ethyl adjacent to an activating group) is 1. The van der Waals surface area contributed by atoms with E-state index in [1.54, 1.807) is 24.1 Å². The van der Waals surface area contributed by atoms with Gasteiger partial charge >= 0.3 is 6.03 Å². The van der Waals surface area contributed by atoms with Crippen LogP contribution in [0.1, 0.15) is 25.8 Å². The van der Waals surface area contributed by atoms with Gasteiger partial charge in [-0.05, 0) is 57.6 Å². The monoisotopic (exact) mass is 567 g/mol. The number of ether oxygens (including phenoxy) is 3. The Morgan fingerprint density at radius 2 is 1.63 bits per heavy atom. The van der Waals surface area contributed by atoms with Crippen LogP contribution in [0, 0.1) is 5.41 Å². The molecule has 224 valence electrons. The molecule has 2 aliphatic heterocycles. The van der Waals surface area contributed by atoms with Gasteiger partial charge in [-0.15, -0.1) is 0 Å². The molecule has 0 aliphatic carbocycles. The molecule has 4 rings (SSSR count). The number of nitrogens with zero attached hydrogens (tertiary/aromatic N) is 4. The van der Waals surface area contributed by atoms with Gasteiger partial charge in [0.2, 0.25) is 0 Å². The number of piperazine rings is 2. The predicted molar refractivity (Wildman–Crippen MR) is 163 cm³/mol. The van der Waals surface area contributed by atoms with Gasteiger partial charge in [0.15, 0.2) is 11.5 Å². The molecule has 0 saturated carbocycles. The third-order valence-electron chi connectivity index (χ3n) is 7.42. The summed E-state index contributed by atoms with van der Waals surface area (Å²) in [5, 5.41) is 11.8. The molecule has 11 nitrogen and oxygen atoms in total. The first-order chi connectivity index (χ1) is 19.7. The highest BCUT2D eigenvalue weighted by Gasteiger charge is 2.25. The number of anilines is 2. The van der Waals surface area contributed by atoms with Crippen LogP contribution in [0.25, 0.3) is 0 Å². The van der Waals surface area contributed by atoms with Crippen LogP contribution in [0.5, 0.6) is 17.2 Å².